The van der Waals surface area contributed by atoms with Crippen molar-refractivity contribution in [3.8, 4) is 11.5 Å². The van der Waals surface area contributed by atoms with Crippen molar-refractivity contribution in [2.45, 2.75) is 19.6 Å². The number of aromatic nitrogens is 1. The van der Waals surface area contributed by atoms with Crippen LogP contribution >= 0.6 is 0 Å². The lowest BCUT2D eigenvalue weighted by molar-refractivity contribution is 0.0906. The minimum atomic E-state index is -0.132. The van der Waals surface area contributed by atoms with Crippen molar-refractivity contribution in [3.63, 3.8) is 0 Å². The molecule has 1 N–H and O–H groups in total. The van der Waals surface area contributed by atoms with Crippen molar-refractivity contribution >= 4 is 5.91 Å². The van der Waals surface area contributed by atoms with Gasteiger partial charge in [0.2, 0.25) is 0 Å². The number of hydrogen-bond donors (Lipinski definition) is 1. The highest BCUT2D eigenvalue weighted by molar-refractivity contribution is 5.95. The van der Waals surface area contributed by atoms with E-state index in [4.69, 9.17) is 9.47 Å². The number of rotatable bonds is 10. The van der Waals surface area contributed by atoms with Gasteiger partial charge in [0.05, 0.1) is 12.6 Å². The number of carbonyl (C=O) groups is 1. The molecule has 1 atom stereocenters. The fraction of sp³-hybridized carbons (Fsp3) is 0.357. The molecule has 0 aliphatic carbocycles. The highest BCUT2D eigenvalue weighted by atomic mass is 16.5. The van der Waals surface area contributed by atoms with Gasteiger partial charge >= 0.3 is 0 Å². The molecule has 0 radical (unpaired) electrons. The first kappa shape index (κ1) is 24.7. The molecule has 2 aromatic carbocycles. The van der Waals surface area contributed by atoms with Crippen molar-refractivity contribution in [2.75, 3.05) is 46.4 Å². The number of nitrogens with one attached hydrogen (secondary N) is 1. The van der Waals surface area contributed by atoms with E-state index in [9.17, 15) is 4.79 Å². The molecule has 35 heavy (non-hydrogen) atoms. The van der Waals surface area contributed by atoms with Crippen LogP contribution in [-0.2, 0) is 6.61 Å². The van der Waals surface area contributed by atoms with Crippen molar-refractivity contribution in [3.05, 3.63) is 89.7 Å². The van der Waals surface area contributed by atoms with Crippen LogP contribution < -0.4 is 14.8 Å². The predicted molar refractivity (Wildman–Crippen MR) is 137 cm³/mol. The Morgan fingerprint density at radius 3 is 2.51 bits per heavy atom. The van der Waals surface area contributed by atoms with Crippen molar-refractivity contribution < 1.29 is 14.3 Å². The van der Waals surface area contributed by atoms with E-state index >= 15 is 0 Å². The van der Waals surface area contributed by atoms with E-state index in [0.29, 0.717) is 30.3 Å². The van der Waals surface area contributed by atoms with Gasteiger partial charge in [-0.2, -0.15) is 0 Å². The summed E-state index contributed by atoms with van der Waals surface area (Å²) in [5.74, 6) is 1.02. The fourth-order valence-electron chi connectivity index (χ4n) is 4.13. The lowest BCUT2D eigenvalue weighted by Gasteiger charge is -2.35. The van der Waals surface area contributed by atoms with E-state index < -0.39 is 0 Å². The van der Waals surface area contributed by atoms with Crippen molar-refractivity contribution in [1.82, 2.24) is 20.1 Å². The van der Waals surface area contributed by atoms with Crippen LogP contribution in [0.5, 0.6) is 11.5 Å². The Morgan fingerprint density at radius 1 is 1.00 bits per heavy atom. The number of ether oxygens (including phenoxy) is 2. The SMILES string of the molecule is CCOc1cc(C(=O)NC(CN2CCN(C)CC2)c2ccccc2)ccc1OCc1cccnc1. The van der Waals surface area contributed by atoms with E-state index in [1.54, 1.807) is 30.6 Å². The summed E-state index contributed by atoms with van der Waals surface area (Å²) < 4.78 is 11.8. The first-order chi connectivity index (χ1) is 17.1. The smallest absolute Gasteiger partial charge is 0.251 e. The summed E-state index contributed by atoms with van der Waals surface area (Å²) in [4.78, 5) is 22.2. The number of nitrogens with zero attached hydrogens (tertiary/aromatic N) is 3. The molecule has 1 amide bonds. The number of benzene rings is 2. The summed E-state index contributed by atoms with van der Waals surface area (Å²) in [5, 5.41) is 3.26. The molecule has 1 saturated heterocycles. The quantitative estimate of drug-likeness (QED) is 0.483. The minimum Gasteiger partial charge on any atom is -0.490 e. The van der Waals surface area contributed by atoms with Gasteiger partial charge in [0, 0.05) is 56.2 Å². The maximum Gasteiger partial charge on any atom is 0.251 e. The van der Waals surface area contributed by atoms with E-state index in [-0.39, 0.29) is 11.9 Å². The van der Waals surface area contributed by atoms with E-state index in [2.05, 4.69) is 39.3 Å². The Morgan fingerprint density at radius 2 is 1.80 bits per heavy atom. The standard InChI is InChI=1S/C28H34N4O3/c1-3-34-27-18-24(11-12-26(27)35-21-22-8-7-13-29-19-22)28(33)30-25(23-9-5-4-6-10-23)20-32-16-14-31(2)15-17-32/h4-13,18-19,25H,3,14-17,20-21H2,1-2H3,(H,30,33). The predicted octanol–water partition coefficient (Wildman–Crippen LogP) is 3.78. The molecule has 0 spiro atoms. The van der Waals surface area contributed by atoms with Gasteiger partial charge in [-0.05, 0) is 43.8 Å². The van der Waals surface area contributed by atoms with E-state index in [1.165, 1.54) is 0 Å². The van der Waals surface area contributed by atoms with Gasteiger partial charge in [-0.15, -0.1) is 0 Å². The molecule has 7 heteroatoms. The second-order valence-electron chi connectivity index (χ2n) is 8.79. The zero-order chi connectivity index (χ0) is 24.5. The number of hydrogen-bond acceptors (Lipinski definition) is 6. The number of piperazine rings is 1. The summed E-state index contributed by atoms with van der Waals surface area (Å²) in [6, 6.07) is 19.2. The number of carbonyl (C=O) groups excluding carboxylic acids is 1. The van der Waals surface area contributed by atoms with Gasteiger partial charge in [-0.1, -0.05) is 36.4 Å². The van der Waals surface area contributed by atoms with Crippen LogP contribution in [0.3, 0.4) is 0 Å². The Bertz CT molecular complexity index is 1070. The summed E-state index contributed by atoms with van der Waals surface area (Å²) in [5.41, 5.74) is 2.61. The topological polar surface area (TPSA) is 66.9 Å². The van der Waals surface area contributed by atoms with E-state index in [0.717, 1.165) is 43.9 Å². The Balaban J connectivity index is 1.47. The second-order valence-corrected chi connectivity index (χ2v) is 8.79. The minimum absolute atomic E-state index is 0.107. The Hall–Kier alpha value is -3.42. The van der Waals surface area contributed by atoms with Gasteiger partial charge in [0.1, 0.15) is 6.61 Å². The lowest BCUT2D eigenvalue weighted by Crippen LogP contribution is -2.47. The van der Waals surface area contributed by atoms with Gasteiger partial charge in [0.25, 0.3) is 5.91 Å². The average Bonchev–Trinajstić information content (AvgIpc) is 2.90. The fourth-order valence-corrected chi connectivity index (χ4v) is 4.13. The molecule has 1 aromatic heterocycles. The van der Waals surface area contributed by atoms with Crippen molar-refractivity contribution in [2.24, 2.45) is 0 Å². The third-order valence-electron chi connectivity index (χ3n) is 6.17. The molecule has 1 aliphatic heterocycles. The molecule has 0 saturated carbocycles. The lowest BCUT2D eigenvalue weighted by atomic mass is 10.0. The maximum atomic E-state index is 13.3. The average molecular weight is 475 g/mol. The van der Waals surface area contributed by atoms with Gasteiger partial charge in [0.15, 0.2) is 11.5 Å². The second kappa shape index (κ2) is 12.3. The number of likely N-dealkylation sites (N-methyl/N-ethyl adjacent to an activating group) is 1. The maximum absolute atomic E-state index is 13.3. The van der Waals surface area contributed by atoms with E-state index in [1.807, 2.05) is 37.3 Å². The van der Waals surface area contributed by atoms with Gasteiger partial charge in [-0.3, -0.25) is 14.7 Å². The molecular formula is C28H34N4O3. The molecule has 1 aliphatic rings. The van der Waals surface area contributed by atoms with Crippen LogP contribution in [0.2, 0.25) is 0 Å². The van der Waals surface area contributed by atoms with Crippen molar-refractivity contribution in [1.29, 1.82) is 0 Å². The Labute approximate surface area is 207 Å². The molecular weight excluding hydrogens is 440 g/mol. The number of pyridine rings is 1. The summed E-state index contributed by atoms with van der Waals surface area (Å²) in [6.07, 6.45) is 3.50. The first-order valence-electron chi connectivity index (χ1n) is 12.2. The zero-order valence-corrected chi connectivity index (χ0v) is 20.5. The molecule has 0 bridgehead atoms. The first-order valence-corrected chi connectivity index (χ1v) is 12.2. The summed E-state index contributed by atoms with van der Waals surface area (Å²) >= 11 is 0. The van der Waals surface area contributed by atoms with Crippen LogP contribution in [0.4, 0.5) is 0 Å². The van der Waals surface area contributed by atoms with Crippen LogP contribution in [0, 0.1) is 0 Å². The highest BCUT2D eigenvalue weighted by Gasteiger charge is 2.22. The van der Waals surface area contributed by atoms with Crippen LogP contribution in [0.25, 0.3) is 0 Å². The molecule has 4 rings (SSSR count). The Kier molecular flexibility index (Phi) is 8.70. The van der Waals surface area contributed by atoms with Gasteiger partial charge in [-0.25, -0.2) is 0 Å². The van der Waals surface area contributed by atoms with Crippen LogP contribution in [0.15, 0.2) is 73.1 Å². The molecule has 7 nitrogen and oxygen atoms in total. The number of amides is 1. The zero-order valence-electron chi connectivity index (χ0n) is 20.5. The molecule has 184 valence electrons. The van der Waals surface area contributed by atoms with Crippen LogP contribution in [0.1, 0.15) is 34.5 Å². The largest absolute Gasteiger partial charge is 0.490 e. The molecule has 3 aromatic rings. The van der Waals surface area contributed by atoms with Gasteiger partial charge < -0.3 is 19.7 Å². The van der Waals surface area contributed by atoms with Crippen LogP contribution in [-0.4, -0.2) is 67.1 Å². The monoisotopic (exact) mass is 474 g/mol. The molecule has 1 unspecified atom stereocenters. The third kappa shape index (κ3) is 7.04. The summed E-state index contributed by atoms with van der Waals surface area (Å²) in [6.45, 7) is 7.60. The molecule has 1 fully saturated rings. The normalized spacial score (nSPS) is 15.4. The summed E-state index contributed by atoms with van der Waals surface area (Å²) in [7, 11) is 2.15. The third-order valence-corrected chi connectivity index (χ3v) is 6.17. The molecule has 2 heterocycles. The highest BCUT2D eigenvalue weighted by Crippen LogP contribution is 2.29.